The first kappa shape index (κ1) is 12.6. The molecule has 2 aromatic heterocycles. The van der Waals surface area contributed by atoms with E-state index >= 15 is 0 Å². The van der Waals surface area contributed by atoms with Gasteiger partial charge in [0.05, 0.1) is 11.2 Å². The summed E-state index contributed by atoms with van der Waals surface area (Å²) in [6, 6.07) is 4.84. The van der Waals surface area contributed by atoms with Gasteiger partial charge in [-0.2, -0.15) is 0 Å². The molecule has 6 nitrogen and oxygen atoms in total. The van der Waals surface area contributed by atoms with E-state index < -0.39 is 5.76 Å². The highest BCUT2D eigenvalue weighted by Crippen LogP contribution is 2.18. The van der Waals surface area contributed by atoms with E-state index in [1.807, 2.05) is 12.3 Å². The largest absolute Gasteiger partial charge is 0.419 e. The van der Waals surface area contributed by atoms with Crippen LogP contribution in [0.4, 0.5) is 5.13 Å². The molecule has 0 atom stereocenters. The maximum Gasteiger partial charge on any atom is 0.419 e. The Morgan fingerprint density at radius 2 is 2.25 bits per heavy atom. The number of carbonyl (C=O) groups is 1. The molecule has 0 unspecified atom stereocenters. The van der Waals surface area contributed by atoms with Gasteiger partial charge in [0.15, 0.2) is 10.7 Å². The molecule has 0 saturated heterocycles. The van der Waals surface area contributed by atoms with Crippen LogP contribution < -0.4 is 11.1 Å². The highest BCUT2D eigenvalue weighted by atomic mass is 32.1. The van der Waals surface area contributed by atoms with Crippen LogP contribution in [0.15, 0.2) is 32.8 Å². The van der Waals surface area contributed by atoms with Crippen molar-refractivity contribution in [2.75, 3.05) is 5.32 Å². The van der Waals surface area contributed by atoms with Crippen LogP contribution in [0.5, 0.6) is 0 Å². The Kier molecular flexibility index (Phi) is 2.90. The standard InChI is InChI=1S/C13H11N3O3S/c1-7-6-20-12(14-7)15-11(17)8-3-4-10-9(5-8)16(2)13(18)19-10/h3-6H,1-2H3,(H,14,15,17). The van der Waals surface area contributed by atoms with Crippen LogP contribution in [0.3, 0.4) is 0 Å². The van der Waals surface area contributed by atoms with Gasteiger partial charge in [-0.25, -0.2) is 9.78 Å². The second kappa shape index (κ2) is 4.61. The molecule has 0 aliphatic heterocycles. The van der Waals surface area contributed by atoms with Crippen molar-refractivity contribution in [1.82, 2.24) is 9.55 Å². The van der Waals surface area contributed by atoms with Gasteiger partial charge in [-0.1, -0.05) is 0 Å². The quantitative estimate of drug-likeness (QED) is 0.784. The monoisotopic (exact) mass is 289 g/mol. The van der Waals surface area contributed by atoms with Crippen LogP contribution in [0.2, 0.25) is 0 Å². The molecule has 0 bridgehead atoms. The van der Waals surface area contributed by atoms with Crippen LogP contribution in [-0.4, -0.2) is 15.5 Å². The molecule has 0 fully saturated rings. The number of benzene rings is 1. The second-order valence-corrected chi connectivity index (χ2v) is 5.22. The summed E-state index contributed by atoms with van der Waals surface area (Å²) in [4.78, 5) is 27.7. The predicted octanol–water partition coefficient (Wildman–Crippen LogP) is 2.15. The maximum absolute atomic E-state index is 12.1. The lowest BCUT2D eigenvalue weighted by atomic mass is 10.2. The third kappa shape index (κ3) is 2.12. The number of hydrogen-bond donors (Lipinski definition) is 1. The number of thiazole rings is 1. The van der Waals surface area contributed by atoms with Gasteiger partial charge in [0.2, 0.25) is 0 Å². The average molecular weight is 289 g/mol. The maximum atomic E-state index is 12.1. The summed E-state index contributed by atoms with van der Waals surface area (Å²) in [6.45, 7) is 1.86. The number of carbonyl (C=O) groups excluding carboxylic acids is 1. The lowest BCUT2D eigenvalue weighted by Crippen LogP contribution is -2.12. The van der Waals surface area contributed by atoms with Crippen molar-refractivity contribution in [2.45, 2.75) is 6.92 Å². The highest BCUT2D eigenvalue weighted by molar-refractivity contribution is 7.13. The summed E-state index contributed by atoms with van der Waals surface area (Å²) in [6.07, 6.45) is 0. The van der Waals surface area contributed by atoms with E-state index in [0.717, 1.165) is 5.69 Å². The van der Waals surface area contributed by atoms with Crippen LogP contribution in [0.25, 0.3) is 11.1 Å². The molecule has 3 rings (SSSR count). The van der Waals surface area contributed by atoms with Gasteiger partial charge in [-0.15, -0.1) is 11.3 Å². The zero-order valence-corrected chi connectivity index (χ0v) is 11.7. The van der Waals surface area contributed by atoms with Crippen molar-refractivity contribution < 1.29 is 9.21 Å². The summed E-state index contributed by atoms with van der Waals surface area (Å²) in [5, 5.41) is 5.13. The van der Waals surface area contributed by atoms with E-state index in [1.54, 1.807) is 25.2 Å². The van der Waals surface area contributed by atoms with Crippen LogP contribution in [0, 0.1) is 6.92 Å². The molecule has 0 radical (unpaired) electrons. The minimum atomic E-state index is -0.451. The topological polar surface area (TPSA) is 77.1 Å². The van der Waals surface area contributed by atoms with Gasteiger partial charge in [-0.3, -0.25) is 14.7 Å². The van der Waals surface area contributed by atoms with Gasteiger partial charge >= 0.3 is 5.76 Å². The Morgan fingerprint density at radius 3 is 2.95 bits per heavy atom. The number of fused-ring (bicyclic) bond motifs is 1. The van der Waals surface area contributed by atoms with Crippen molar-refractivity contribution in [2.24, 2.45) is 7.05 Å². The van der Waals surface area contributed by atoms with Crippen molar-refractivity contribution in [1.29, 1.82) is 0 Å². The first-order chi connectivity index (χ1) is 9.54. The molecule has 0 aliphatic rings. The van der Waals surface area contributed by atoms with E-state index in [0.29, 0.717) is 21.8 Å². The van der Waals surface area contributed by atoms with Gasteiger partial charge in [-0.05, 0) is 25.1 Å². The molecule has 3 aromatic rings. The molecule has 102 valence electrons. The summed E-state index contributed by atoms with van der Waals surface area (Å²) < 4.78 is 6.38. The first-order valence-electron chi connectivity index (χ1n) is 5.87. The Balaban J connectivity index is 1.95. The van der Waals surface area contributed by atoms with Gasteiger partial charge in [0.1, 0.15) is 0 Å². The SMILES string of the molecule is Cc1csc(NC(=O)c2ccc3oc(=O)n(C)c3c2)n1. The third-order valence-corrected chi connectivity index (χ3v) is 3.77. The van der Waals surface area contributed by atoms with Crippen molar-refractivity contribution in [3.05, 3.63) is 45.4 Å². The number of rotatable bonds is 2. The van der Waals surface area contributed by atoms with Gasteiger partial charge < -0.3 is 4.42 Å². The molecule has 1 N–H and O–H groups in total. The Morgan fingerprint density at radius 1 is 1.45 bits per heavy atom. The smallest absolute Gasteiger partial charge is 0.408 e. The normalized spacial score (nSPS) is 10.9. The third-order valence-electron chi connectivity index (χ3n) is 2.89. The molecule has 1 amide bonds. The van der Waals surface area contributed by atoms with E-state index in [4.69, 9.17) is 4.42 Å². The molecular weight excluding hydrogens is 278 g/mol. The van der Waals surface area contributed by atoms with Crippen molar-refractivity contribution in [3.8, 4) is 0 Å². The first-order valence-corrected chi connectivity index (χ1v) is 6.75. The van der Waals surface area contributed by atoms with Gasteiger partial charge in [0, 0.05) is 18.0 Å². The van der Waals surface area contributed by atoms with Crippen LogP contribution in [-0.2, 0) is 7.05 Å². The number of aromatic nitrogens is 2. The zero-order valence-electron chi connectivity index (χ0n) is 10.8. The number of nitrogens with one attached hydrogen (secondary N) is 1. The average Bonchev–Trinajstić information content (AvgIpc) is 2.94. The predicted molar refractivity (Wildman–Crippen MR) is 76.3 cm³/mol. The molecule has 1 aromatic carbocycles. The fraction of sp³-hybridized carbons (Fsp3) is 0.154. The molecule has 20 heavy (non-hydrogen) atoms. The number of hydrogen-bond acceptors (Lipinski definition) is 5. The number of anilines is 1. The summed E-state index contributed by atoms with van der Waals surface area (Å²) in [7, 11) is 1.60. The minimum absolute atomic E-state index is 0.269. The van der Waals surface area contributed by atoms with E-state index in [2.05, 4.69) is 10.3 Å². The van der Waals surface area contributed by atoms with Crippen LogP contribution >= 0.6 is 11.3 Å². The van der Waals surface area contributed by atoms with Crippen LogP contribution in [0.1, 0.15) is 16.1 Å². The highest BCUT2D eigenvalue weighted by Gasteiger charge is 2.12. The van der Waals surface area contributed by atoms with Crippen molar-refractivity contribution in [3.63, 3.8) is 0 Å². The Bertz CT molecular complexity index is 859. The molecule has 0 aliphatic carbocycles. The summed E-state index contributed by atoms with van der Waals surface area (Å²) in [5.41, 5.74) is 2.34. The summed E-state index contributed by atoms with van der Waals surface area (Å²) >= 11 is 1.37. The Hall–Kier alpha value is -2.41. The molecule has 0 spiro atoms. The fourth-order valence-corrected chi connectivity index (χ4v) is 2.53. The zero-order chi connectivity index (χ0) is 14.3. The lowest BCUT2D eigenvalue weighted by molar-refractivity contribution is 0.102. The van der Waals surface area contributed by atoms with Crippen molar-refractivity contribution >= 4 is 33.5 Å². The van der Waals surface area contributed by atoms with E-state index in [1.165, 1.54) is 15.9 Å². The second-order valence-electron chi connectivity index (χ2n) is 4.36. The Labute approximate surface area is 117 Å². The number of amides is 1. The number of aryl methyl sites for hydroxylation is 2. The molecular formula is C13H11N3O3S. The molecule has 2 heterocycles. The van der Waals surface area contributed by atoms with E-state index in [-0.39, 0.29) is 5.91 Å². The fourth-order valence-electron chi connectivity index (χ4n) is 1.85. The summed E-state index contributed by atoms with van der Waals surface area (Å²) in [5.74, 6) is -0.719. The van der Waals surface area contributed by atoms with E-state index in [9.17, 15) is 9.59 Å². The molecule has 7 heteroatoms. The van der Waals surface area contributed by atoms with Gasteiger partial charge in [0.25, 0.3) is 5.91 Å². The minimum Gasteiger partial charge on any atom is -0.408 e. The number of oxazole rings is 1. The number of nitrogens with zero attached hydrogens (tertiary/aromatic N) is 2. The lowest BCUT2D eigenvalue weighted by Gasteiger charge is -2.01. The molecule has 0 saturated carbocycles.